The third-order valence-corrected chi connectivity index (χ3v) is 6.08. The Balaban J connectivity index is 0.00000280. The van der Waals surface area contributed by atoms with E-state index in [0.717, 1.165) is 19.0 Å². The molecule has 1 aliphatic heterocycles. The summed E-state index contributed by atoms with van der Waals surface area (Å²) in [5.74, 6) is 0.675. The summed E-state index contributed by atoms with van der Waals surface area (Å²) in [6.07, 6.45) is 6.79. The maximum atomic E-state index is 12.5. The van der Waals surface area contributed by atoms with Gasteiger partial charge in [0.1, 0.15) is 12.0 Å². The van der Waals surface area contributed by atoms with Gasteiger partial charge in [-0.2, -0.15) is 4.31 Å². The second-order valence-electron chi connectivity index (χ2n) is 6.17. The Morgan fingerprint density at radius 1 is 1.32 bits per heavy atom. The molecule has 10 nitrogen and oxygen atoms in total. The number of piperazine rings is 1. The van der Waals surface area contributed by atoms with Crippen LogP contribution in [0.4, 0.5) is 0 Å². The van der Waals surface area contributed by atoms with Crippen molar-refractivity contribution in [2.45, 2.75) is 19.2 Å². The maximum Gasteiger partial charge on any atom is 0.220 e. The maximum absolute atomic E-state index is 12.5. The summed E-state index contributed by atoms with van der Waals surface area (Å²) in [5, 5.41) is 6.97. The Bertz CT molecular complexity index is 817. The molecule has 2 aromatic rings. The number of nitrogens with one attached hydrogen (secondary N) is 1. The molecule has 0 unspecified atom stereocenters. The molecule has 1 aliphatic rings. The summed E-state index contributed by atoms with van der Waals surface area (Å²) in [6.45, 7) is 6.19. The van der Waals surface area contributed by atoms with Gasteiger partial charge in [-0.15, -0.1) is 24.0 Å². The minimum absolute atomic E-state index is 0. The lowest BCUT2D eigenvalue weighted by Crippen LogP contribution is -2.54. The fourth-order valence-electron chi connectivity index (χ4n) is 2.88. The second kappa shape index (κ2) is 10.8. The fraction of sp³-hybridized carbons (Fsp3) is 0.562. The van der Waals surface area contributed by atoms with E-state index in [9.17, 15) is 8.42 Å². The van der Waals surface area contributed by atoms with Crippen LogP contribution in [0.3, 0.4) is 0 Å². The van der Waals surface area contributed by atoms with E-state index in [4.69, 9.17) is 4.52 Å². The van der Waals surface area contributed by atoms with Crippen LogP contribution >= 0.6 is 24.0 Å². The SMILES string of the molecule is CCNC(=NCCn1ccnc1)N1CCN(S(=O)(=O)Cc2ccon2)CC1.I. The van der Waals surface area contributed by atoms with E-state index in [1.807, 2.05) is 17.7 Å². The Morgan fingerprint density at radius 3 is 2.71 bits per heavy atom. The van der Waals surface area contributed by atoms with Crippen LogP contribution in [0.5, 0.6) is 0 Å². The van der Waals surface area contributed by atoms with Gasteiger partial charge in [0.05, 0.1) is 18.6 Å². The van der Waals surface area contributed by atoms with Gasteiger partial charge in [-0.25, -0.2) is 13.4 Å². The zero-order valence-corrected chi connectivity index (χ0v) is 18.9. The number of sulfonamides is 1. The van der Waals surface area contributed by atoms with Crippen LogP contribution in [0.2, 0.25) is 0 Å². The molecule has 12 heteroatoms. The number of aromatic nitrogens is 3. The first-order valence-electron chi connectivity index (χ1n) is 8.94. The van der Waals surface area contributed by atoms with Gasteiger partial charge in [-0.05, 0) is 6.92 Å². The number of hydrogen-bond donors (Lipinski definition) is 1. The molecule has 0 spiro atoms. The highest BCUT2D eigenvalue weighted by Crippen LogP contribution is 2.13. The van der Waals surface area contributed by atoms with E-state index in [1.165, 1.54) is 10.6 Å². The molecule has 3 rings (SSSR count). The van der Waals surface area contributed by atoms with Crippen molar-refractivity contribution < 1.29 is 12.9 Å². The van der Waals surface area contributed by atoms with Crippen molar-refractivity contribution in [2.75, 3.05) is 39.3 Å². The van der Waals surface area contributed by atoms with E-state index in [0.29, 0.717) is 38.4 Å². The quantitative estimate of drug-likeness (QED) is 0.322. The standard InChI is InChI=1S/C16H25N7O3S.HI/c1-2-18-16(19-5-7-21-6-4-17-14-21)22-8-10-23(11-9-22)27(24,25)13-15-3-12-26-20-15;/h3-4,6,12,14H,2,5,7-11,13H2,1H3,(H,18,19);1H. The molecule has 0 bridgehead atoms. The van der Waals surface area contributed by atoms with E-state index in [2.05, 4.69) is 25.3 Å². The van der Waals surface area contributed by atoms with Crippen molar-refractivity contribution in [1.82, 2.24) is 29.2 Å². The van der Waals surface area contributed by atoms with Crippen LogP contribution in [0.1, 0.15) is 12.6 Å². The molecule has 0 atom stereocenters. The lowest BCUT2D eigenvalue weighted by atomic mass is 10.4. The van der Waals surface area contributed by atoms with E-state index < -0.39 is 10.0 Å². The van der Waals surface area contributed by atoms with E-state index >= 15 is 0 Å². The van der Waals surface area contributed by atoms with Gasteiger partial charge in [0, 0.05) is 57.7 Å². The number of imidazole rings is 1. The van der Waals surface area contributed by atoms with Crippen LogP contribution in [-0.2, 0) is 22.3 Å². The monoisotopic (exact) mass is 523 g/mol. The van der Waals surface area contributed by atoms with E-state index in [1.54, 1.807) is 18.6 Å². The van der Waals surface area contributed by atoms with Crippen molar-refractivity contribution in [1.29, 1.82) is 0 Å². The highest BCUT2D eigenvalue weighted by Gasteiger charge is 2.28. The van der Waals surface area contributed by atoms with Crippen molar-refractivity contribution >= 4 is 40.0 Å². The van der Waals surface area contributed by atoms with Crippen molar-refractivity contribution in [3.63, 3.8) is 0 Å². The zero-order valence-electron chi connectivity index (χ0n) is 15.8. The summed E-state index contributed by atoms with van der Waals surface area (Å²) in [4.78, 5) is 10.8. The summed E-state index contributed by atoms with van der Waals surface area (Å²) in [6, 6.07) is 1.57. The molecule has 3 heterocycles. The van der Waals surface area contributed by atoms with Crippen molar-refractivity contribution in [2.24, 2.45) is 4.99 Å². The first-order valence-corrected chi connectivity index (χ1v) is 10.6. The molecule has 0 amide bonds. The summed E-state index contributed by atoms with van der Waals surface area (Å²) >= 11 is 0. The van der Waals surface area contributed by atoms with Crippen LogP contribution in [0.25, 0.3) is 0 Å². The Hall–Kier alpha value is -1.67. The molecule has 2 aromatic heterocycles. The first kappa shape index (κ1) is 22.6. The molecule has 0 aromatic carbocycles. The molecule has 1 saturated heterocycles. The average Bonchev–Trinajstić information content (AvgIpc) is 3.35. The second-order valence-corrected chi connectivity index (χ2v) is 8.14. The van der Waals surface area contributed by atoms with Gasteiger partial charge in [-0.3, -0.25) is 4.99 Å². The zero-order chi connectivity index (χ0) is 19.1. The van der Waals surface area contributed by atoms with Crippen LogP contribution < -0.4 is 5.32 Å². The topological polar surface area (TPSA) is 109 Å². The average molecular weight is 523 g/mol. The third-order valence-electron chi connectivity index (χ3n) is 4.27. The highest BCUT2D eigenvalue weighted by atomic mass is 127. The lowest BCUT2D eigenvalue weighted by Gasteiger charge is -2.35. The lowest BCUT2D eigenvalue weighted by molar-refractivity contribution is 0.259. The molecule has 0 radical (unpaired) electrons. The van der Waals surface area contributed by atoms with Crippen molar-refractivity contribution in [3.05, 3.63) is 36.7 Å². The van der Waals surface area contributed by atoms with Gasteiger partial charge in [0.2, 0.25) is 10.0 Å². The Morgan fingerprint density at radius 2 is 2.11 bits per heavy atom. The fourth-order valence-corrected chi connectivity index (χ4v) is 4.31. The van der Waals surface area contributed by atoms with Gasteiger partial charge in [-0.1, -0.05) is 5.16 Å². The number of guanidine groups is 1. The number of hydrogen-bond acceptors (Lipinski definition) is 6. The molecule has 28 heavy (non-hydrogen) atoms. The third kappa shape index (κ3) is 6.17. The minimum Gasteiger partial charge on any atom is -0.364 e. The molecule has 156 valence electrons. The van der Waals surface area contributed by atoms with Crippen LogP contribution in [0, 0.1) is 0 Å². The minimum atomic E-state index is -3.40. The summed E-state index contributed by atoms with van der Waals surface area (Å²) in [5.41, 5.74) is 0.423. The molecular formula is C16H26IN7O3S. The Labute approximate surface area is 182 Å². The summed E-state index contributed by atoms with van der Waals surface area (Å²) in [7, 11) is -3.40. The van der Waals surface area contributed by atoms with Crippen LogP contribution in [0.15, 0.2) is 40.6 Å². The predicted molar refractivity (Wildman–Crippen MR) is 116 cm³/mol. The van der Waals surface area contributed by atoms with Gasteiger partial charge in [0.25, 0.3) is 0 Å². The molecule has 0 saturated carbocycles. The number of rotatable bonds is 7. The van der Waals surface area contributed by atoms with E-state index in [-0.39, 0.29) is 29.7 Å². The molecule has 1 N–H and O–H groups in total. The molecular weight excluding hydrogens is 497 g/mol. The summed E-state index contributed by atoms with van der Waals surface area (Å²) < 4.78 is 33.3. The molecule has 0 aliphatic carbocycles. The first-order chi connectivity index (χ1) is 13.1. The van der Waals surface area contributed by atoms with Gasteiger partial charge in [0.15, 0.2) is 5.96 Å². The smallest absolute Gasteiger partial charge is 0.220 e. The highest BCUT2D eigenvalue weighted by molar-refractivity contribution is 14.0. The van der Waals surface area contributed by atoms with Crippen LogP contribution in [-0.4, -0.2) is 77.6 Å². The number of halogens is 1. The number of nitrogens with zero attached hydrogens (tertiary/aromatic N) is 6. The normalized spacial score (nSPS) is 16.0. The Kier molecular flexibility index (Phi) is 8.69. The van der Waals surface area contributed by atoms with Gasteiger partial charge >= 0.3 is 0 Å². The largest absolute Gasteiger partial charge is 0.364 e. The van der Waals surface area contributed by atoms with Gasteiger partial charge < -0.3 is 19.3 Å². The molecule has 1 fully saturated rings. The van der Waals surface area contributed by atoms with Crippen molar-refractivity contribution in [3.8, 4) is 0 Å². The number of aliphatic imine (C=N–C) groups is 1. The predicted octanol–water partition coefficient (Wildman–Crippen LogP) is 0.602.